The number of halogens is 1. The molecule has 0 saturated heterocycles. The normalized spacial score (nSPS) is 11.1. The topological polar surface area (TPSA) is 68.9 Å². The van der Waals surface area contributed by atoms with Crippen molar-refractivity contribution in [2.45, 2.75) is 33.2 Å². The summed E-state index contributed by atoms with van der Waals surface area (Å²) < 4.78 is 16.4. The van der Waals surface area contributed by atoms with Crippen LogP contribution in [0.15, 0.2) is 59.4 Å². The van der Waals surface area contributed by atoms with E-state index in [0.717, 1.165) is 33.5 Å². The number of hydrogen-bond donors (Lipinski definition) is 1. The van der Waals surface area contributed by atoms with Crippen molar-refractivity contribution < 1.29 is 9.18 Å². The molecule has 4 rings (SSSR count). The largest absolute Gasteiger partial charge is 0.352 e. The Morgan fingerprint density at radius 1 is 1.06 bits per heavy atom. The van der Waals surface area contributed by atoms with Crippen LogP contribution in [0.25, 0.3) is 16.7 Å². The van der Waals surface area contributed by atoms with E-state index >= 15 is 0 Å². The number of carbonyl (C=O) groups excluding carboxylic acids is 1. The first-order valence-electron chi connectivity index (χ1n) is 10.5. The molecule has 1 N–H and O–H groups in total. The van der Waals surface area contributed by atoms with Crippen LogP contribution in [0.4, 0.5) is 4.39 Å². The predicted octanol–water partition coefficient (Wildman–Crippen LogP) is 3.73. The summed E-state index contributed by atoms with van der Waals surface area (Å²) in [6, 6.07) is 15.7. The van der Waals surface area contributed by atoms with E-state index in [1.807, 2.05) is 44.2 Å². The first-order valence-corrected chi connectivity index (χ1v) is 10.5. The van der Waals surface area contributed by atoms with Crippen LogP contribution in [0.2, 0.25) is 0 Å². The number of benzene rings is 2. The summed E-state index contributed by atoms with van der Waals surface area (Å²) in [4.78, 5) is 25.5. The highest BCUT2D eigenvalue weighted by Gasteiger charge is 2.20. The third-order valence-electron chi connectivity index (χ3n) is 5.75. The number of para-hydroxylation sites is 1. The van der Waals surface area contributed by atoms with Crippen molar-refractivity contribution in [1.82, 2.24) is 19.7 Å². The monoisotopic (exact) mass is 432 g/mol. The third-order valence-corrected chi connectivity index (χ3v) is 5.75. The number of aryl methyl sites for hydroxylation is 3. The maximum Gasteiger partial charge on any atom is 0.255 e. The zero-order valence-corrected chi connectivity index (χ0v) is 18.4. The van der Waals surface area contributed by atoms with Gasteiger partial charge in [0.1, 0.15) is 11.5 Å². The number of carbonyl (C=O) groups is 1. The summed E-state index contributed by atoms with van der Waals surface area (Å²) in [5.41, 5.74) is 4.62. The average Bonchev–Trinajstić information content (AvgIpc) is 3.15. The zero-order valence-electron chi connectivity index (χ0n) is 18.4. The van der Waals surface area contributed by atoms with Gasteiger partial charge in [0.25, 0.3) is 5.56 Å². The second-order valence-electron chi connectivity index (χ2n) is 7.90. The minimum atomic E-state index is -0.312. The zero-order chi connectivity index (χ0) is 22.8. The second-order valence-corrected chi connectivity index (χ2v) is 7.90. The van der Waals surface area contributed by atoms with Crippen LogP contribution in [0.1, 0.15) is 28.8 Å². The molecular weight excluding hydrogens is 407 g/mol. The number of nitrogens with one attached hydrogen (secondary N) is 1. The molecule has 0 spiro atoms. The molecule has 2 aromatic carbocycles. The summed E-state index contributed by atoms with van der Waals surface area (Å²) >= 11 is 0. The Bertz CT molecular complexity index is 1340. The van der Waals surface area contributed by atoms with Gasteiger partial charge in [-0.05, 0) is 55.7 Å². The highest BCUT2D eigenvalue weighted by atomic mass is 19.1. The summed E-state index contributed by atoms with van der Waals surface area (Å²) in [6.45, 7) is 4.16. The number of pyridine rings is 1. The third kappa shape index (κ3) is 4.06. The van der Waals surface area contributed by atoms with Crippen LogP contribution in [-0.2, 0) is 24.8 Å². The Balaban J connectivity index is 1.58. The van der Waals surface area contributed by atoms with Gasteiger partial charge >= 0.3 is 0 Å². The van der Waals surface area contributed by atoms with Gasteiger partial charge in [0.15, 0.2) is 0 Å². The van der Waals surface area contributed by atoms with Gasteiger partial charge in [-0.3, -0.25) is 14.2 Å². The van der Waals surface area contributed by atoms with Crippen LogP contribution in [-0.4, -0.2) is 20.3 Å². The molecule has 32 heavy (non-hydrogen) atoms. The summed E-state index contributed by atoms with van der Waals surface area (Å²) in [5, 5.41) is 8.44. The summed E-state index contributed by atoms with van der Waals surface area (Å²) in [6.07, 6.45) is 0.522. The van der Waals surface area contributed by atoms with Crippen molar-refractivity contribution in [1.29, 1.82) is 0 Å². The van der Waals surface area contributed by atoms with Crippen LogP contribution < -0.4 is 10.9 Å². The van der Waals surface area contributed by atoms with Gasteiger partial charge in [-0.1, -0.05) is 30.3 Å². The van der Waals surface area contributed by atoms with E-state index in [2.05, 4.69) is 10.4 Å². The van der Waals surface area contributed by atoms with Gasteiger partial charge in [0.2, 0.25) is 5.91 Å². The van der Waals surface area contributed by atoms with Gasteiger partial charge in [-0.25, -0.2) is 9.07 Å². The molecule has 0 unspecified atom stereocenters. The van der Waals surface area contributed by atoms with Gasteiger partial charge in [0.05, 0.1) is 11.4 Å². The Labute approximate surface area is 185 Å². The van der Waals surface area contributed by atoms with Crippen molar-refractivity contribution in [3.8, 4) is 5.69 Å². The van der Waals surface area contributed by atoms with E-state index in [9.17, 15) is 14.0 Å². The molecule has 0 saturated carbocycles. The lowest BCUT2D eigenvalue weighted by Crippen LogP contribution is -2.27. The predicted molar refractivity (Wildman–Crippen MR) is 122 cm³/mol. The molecule has 0 aliphatic heterocycles. The number of fused-ring (bicyclic) bond motifs is 1. The lowest BCUT2D eigenvalue weighted by atomic mass is 10.0. The molecule has 7 heteroatoms. The molecule has 1 amide bonds. The second kappa shape index (κ2) is 8.78. The van der Waals surface area contributed by atoms with E-state index < -0.39 is 0 Å². The minimum absolute atomic E-state index is 0.126. The van der Waals surface area contributed by atoms with Gasteiger partial charge in [0, 0.05) is 31.0 Å². The van der Waals surface area contributed by atoms with E-state index in [-0.39, 0.29) is 23.7 Å². The molecule has 164 valence electrons. The number of nitrogens with zero attached hydrogens (tertiary/aromatic N) is 3. The molecular formula is C25H25FN4O2. The molecule has 0 fully saturated rings. The van der Waals surface area contributed by atoms with E-state index in [0.29, 0.717) is 18.5 Å². The van der Waals surface area contributed by atoms with Crippen molar-refractivity contribution in [2.24, 2.45) is 7.05 Å². The Morgan fingerprint density at radius 3 is 2.44 bits per heavy atom. The summed E-state index contributed by atoms with van der Waals surface area (Å²) in [5.74, 6) is -0.472. The van der Waals surface area contributed by atoms with Crippen LogP contribution in [0.3, 0.4) is 0 Å². The number of aromatic nitrogens is 3. The first kappa shape index (κ1) is 21.5. The van der Waals surface area contributed by atoms with Gasteiger partial charge in [-0.2, -0.15) is 5.10 Å². The van der Waals surface area contributed by atoms with Gasteiger partial charge in [-0.15, -0.1) is 0 Å². The van der Waals surface area contributed by atoms with Crippen molar-refractivity contribution in [3.63, 3.8) is 0 Å². The molecule has 0 aliphatic carbocycles. The average molecular weight is 432 g/mol. The quantitative estimate of drug-likeness (QED) is 0.505. The number of amides is 1. The van der Waals surface area contributed by atoms with E-state index in [4.69, 9.17) is 0 Å². The summed E-state index contributed by atoms with van der Waals surface area (Å²) in [7, 11) is 1.74. The van der Waals surface area contributed by atoms with Crippen LogP contribution >= 0.6 is 0 Å². The molecule has 0 bridgehead atoms. The Morgan fingerprint density at radius 2 is 1.75 bits per heavy atom. The molecule has 0 aliphatic rings. The lowest BCUT2D eigenvalue weighted by Gasteiger charge is -2.13. The SMILES string of the molecule is Cc1nn(-c2ccccc2)c2c1c(C)c(CCC(=O)NCc1ccc(F)cc1)c(=O)n2C. The highest BCUT2D eigenvalue weighted by Crippen LogP contribution is 2.25. The maximum atomic E-state index is 13.2. The fourth-order valence-corrected chi connectivity index (χ4v) is 4.05. The Hall–Kier alpha value is -3.74. The van der Waals surface area contributed by atoms with Crippen LogP contribution in [0, 0.1) is 19.7 Å². The molecule has 0 atom stereocenters. The highest BCUT2D eigenvalue weighted by molar-refractivity contribution is 5.85. The van der Waals surface area contributed by atoms with Crippen LogP contribution in [0.5, 0.6) is 0 Å². The minimum Gasteiger partial charge on any atom is -0.352 e. The van der Waals surface area contributed by atoms with E-state index in [1.165, 1.54) is 12.1 Å². The fourth-order valence-electron chi connectivity index (χ4n) is 4.05. The van der Waals surface area contributed by atoms with Crippen molar-refractivity contribution >= 4 is 16.9 Å². The molecule has 2 heterocycles. The first-order chi connectivity index (χ1) is 15.4. The maximum absolute atomic E-state index is 13.2. The number of hydrogen-bond acceptors (Lipinski definition) is 3. The lowest BCUT2D eigenvalue weighted by molar-refractivity contribution is -0.121. The molecule has 0 radical (unpaired) electrons. The smallest absolute Gasteiger partial charge is 0.255 e. The van der Waals surface area contributed by atoms with E-state index in [1.54, 1.807) is 28.4 Å². The molecule has 2 aromatic heterocycles. The molecule has 6 nitrogen and oxygen atoms in total. The van der Waals surface area contributed by atoms with Crippen molar-refractivity contribution in [3.05, 3.63) is 93.2 Å². The van der Waals surface area contributed by atoms with Gasteiger partial charge < -0.3 is 5.32 Å². The van der Waals surface area contributed by atoms with Crippen molar-refractivity contribution in [2.75, 3.05) is 0 Å². The molecule has 4 aromatic rings. The fraction of sp³-hybridized carbons (Fsp3) is 0.240. The standard InChI is InChI=1S/C25H25FN4O2/c1-16-21(13-14-22(31)27-15-18-9-11-19(26)12-10-18)25(32)29(3)24-23(16)17(2)28-30(24)20-7-5-4-6-8-20/h4-12H,13-15H2,1-3H3,(H,27,31). The Kier molecular flexibility index (Phi) is 5.90. The number of rotatable bonds is 6.